The Balaban J connectivity index is 2.28. The van der Waals surface area contributed by atoms with E-state index in [9.17, 15) is 28.1 Å². The van der Waals surface area contributed by atoms with Crippen LogP contribution in [0.5, 0.6) is 0 Å². The molecule has 1 saturated heterocycles. The first-order chi connectivity index (χ1) is 12.5. The minimum Gasteiger partial charge on any atom is -0.443 e. The second kappa shape index (κ2) is 7.88. The molecule has 27 heavy (non-hydrogen) atoms. The van der Waals surface area contributed by atoms with Crippen LogP contribution in [0.25, 0.3) is 0 Å². The fourth-order valence-corrected chi connectivity index (χ4v) is 2.80. The number of amides is 2. The molecule has 0 bridgehead atoms. The van der Waals surface area contributed by atoms with E-state index in [-0.39, 0.29) is 17.8 Å². The van der Waals surface area contributed by atoms with Crippen LogP contribution in [-0.4, -0.2) is 48.7 Å². The van der Waals surface area contributed by atoms with Crippen molar-refractivity contribution in [1.82, 2.24) is 4.90 Å². The standard InChI is InChI=1S/C15H18N2O9S/c1-15(2,3)25-14(19)16-8-11(24-13(16)18)12(26-27(22)23)9-5-4-6-10(7-9)17(20)21/h4-7,11-12,27H,8H2,1-3H3/t11-,12?/m0/s1. The van der Waals surface area contributed by atoms with Crippen LogP contribution in [0.4, 0.5) is 15.3 Å². The summed E-state index contributed by atoms with van der Waals surface area (Å²) in [5.41, 5.74) is -1.05. The highest BCUT2D eigenvalue weighted by molar-refractivity contribution is 7.67. The average Bonchev–Trinajstić information content (AvgIpc) is 2.92. The second-order valence-electron chi connectivity index (χ2n) is 6.61. The van der Waals surface area contributed by atoms with E-state index in [0.29, 0.717) is 4.90 Å². The maximum Gasteiger partial charge on any atom is 0.419 e. The fraction of sp³-hybridized carbons (Fsp3) is 0.467. The Labute approximate surface area is 156 Å². The number of carbonyl (C=O) groups is 2. The van der Waals surface area contributed by atoms with Crippen molar-refractivity contribution < 1.29 is 36.6 Å². The highest BCUT2D eigenvalue weighted by Gasteiger charge is 2.43. The van der Waals surface area contributed by atoms with Gasteiger partial charge in [-0.15, -0.1) is 0 Å². The highest BCUT2D eigenvalue weighted by Crippen LogP contribution is 2.31. The summed E-state index contributed by atoms with van der Waals surface area (Å²) in [7, 11) is -3.37. The number of hydrogen-bond donors (Lipinski definition) is 1. The molecular formula is C15H18N2O9S. The van der Waals surface area contributed by atoms with E-state index in [4.69, 9.17) is 13.7 Å². The van der Waals surface area contributed by atoms with E-state index in [1.165, 1.54) is 18.2 Å². The van der Waals surface area contributed by atoms with Gasteiger partial charge in [-0.3, -0.25) is 14.3 Å². The number of benzene rings is 1. The number of ether oxygens (including phenoxy) is 2. The first-order valence-electron chi connectivity index (χ1n) is 7.74. The summed E-state index contributed by atoms with van der Waals surface area (Å²) in [6.45, 7) is 4.49. The molecule has 1 heterocycles. The molecular weight excluding hydrogens is 384 g/mol. The maximum atomic E-state index is 12.1. The van der Waals surface area contributed by atoms with Crippen LogP contribution < -0.4 is 0 Å². The Hall–Kier alpha value is -2.73. The van der Waals surface area contributed by atoms with Gasteiger partial charge in [0.2, 0.25) is 0 Å². The van der Waals surface area contributed by atoms with E-state index in [1.54, 1.807) is 20.8 Å². The lowest BCUT2D eigenvalue weighted by Crippen LogP contribution is -2.38. The molecule has 0 aliphatic carbocycles. The number of nitro benzene ring substituents is 1. The number of imide groups is 1. The molecule has 0 N–H and O–H groups in total. The van der Waals surface area contributed by atoms with Crippen molar-refractivity contribution in [2.45, 2.75) is 38.6 Å². The molecule has 0 spiro atoms. The van der Waals surface area contributed by atoms with Crippen molar-refractivity contribution >= 4 is 28.9 Å². The predicted molar refractivity (Wildman–Crippen MR) is 90.4 cm³/mol. The highest BCUT2D eigenvalue weighted by atomic mass is 32.2. The molecule has 0 saturated carbocycles. The quantitative estimate of drug-likeness (QED) is 0.444. The third-order valence-corrected chi connectivity index (χ3v) is 3.80. The van der Waals surface area contributed by atoms with Crippen LogP contribution in [-0.2, 0) is 24.6 Å². The van der Waals surface area contributed by atoms with E-state index >= 15 is 0 Å². The Bertz CT molecular complexity index is 823. The van der Waals surface area contributed by atoms with Gasteiger partial charge in [-0.2, -0.15) is 0 Å². The molecule has 2 atom stereocenters. The molecule has 0 radical (unpaired) electrons. The van der Waals surface area contributed by atoms with E-state index < -0.39 is 45.9 Å². The monoisotopic (exact) mass is 402 g/mol. The second-order valence-corrected chi connectivity index (χ2v) is 7.27. The molecule has 1 aromatic rings. The number of carbonyl (C=O) groups excluding carboxylic acids is 2. The molecule has 11 nitrogen and oxygen atoms in total. The smallest absolute Gasteiger partial charge is 0.419 e. The summed E-state index contributed by atoms with van der Waals surface area (Å²) < 4.78 is 37.1. The number of nitrogens with zero attached hydrogens (tertiary/aromatic N) is 2. The van der Waals surface area contributed by atoms with Gasteiger partial charge in [0.1, 0.15) is 11.7 Å². The predicted octanol–water partition coefficient (Wildman–Crippen LogP) is 1.93. The van der Waals surface area contributed by atoms with Crippen molar-refractivity contribution in [2.24, 2.45) is 0 Å². The molecule has 1 aromatic carbocycles. The minimum atomic E-state index is -3.37. The van der Waals surface area contributed by atoms with Crippen molar-refractivity contribution in [3.63, 3.8) is 0 Å². The van der Waals surface area contributed by atoms with Crippen molar-refractivity contribution in [2.75, 3.05) is 6.54 Å². The molecule has 12 heteroatoms. The number of hydrogen-bond acceptors (Lipinski definition) is 9. The Morgan fingerprint density at radius 2 is 2.07 bits per heavy atom. The van der Waals surface area contributed by atoms with Gasteiger partial charge < -0.3 is 9.47 Å². The van der Waals surface area contributed by atoms with Crippen LogP contribution >= 0.6 is 0 Å². The number of thiol groups is 1. The minimum absolute atomic E-state index is 0.104. The third kappa shape index (κ3) is 5.37. The lowest BCUT2D eigenvalue weighted by atomic mass is 10.0. The third-order valence-electron chi connectivity index (χ3n) is 3.40. The topological polar surface area (TPSA) is 142 Å². The molecule has 2 rings (SSSR count). The largest absolute Gasteiger partial charge is 0.443 e. The van der Waals surface area contributed by atoms with Gasteiger partial charge in [0.25, 0.3) is 16.7 Å². The summed E-state index contributed by atoms with van der Waals surface area (Å²) in [5, 5.41) is 10.9. The molecule has 1 fully saturated rings. The van der Waals surface area contributed by atoms with Crippen LogP contribution in [0.1, 0.15) is 32.4 Å². The summed E-state index contributed by atoms with van der Waals surface area (Å²) in [5.74, 6) is 0. The zero-order chi connectivity index (χ0) is 20.4. The van der Waals surface area contributed by atoms with Crippen molar-refractivity contribution in [3.8, 4) is 0 Å². The first-order valence-corrected chi connectivity index (χ1v) is 8.84. The van der Waals surface area contributed by atoms with Crippen molar-refractivity contribution in [1.29, 1.82) is 0 Å². The zero-order valence-corrected chi connectivity index (χ0v) is 15.6. The molecule has 0 aromatic heterocycles. The van der Waals surface area contributed by atoms with Gasteiger partial charge in [0.15, 0.2) is 6.10 Å². The van der Waals surface area contributed by atoms with E-state index in [2.05, 4.69) is 0 Å². The summed E-state index contributed by atoms with van der Waals surface area (Å²) in [6.07, 6.45) is -4.55. The fourth-order valence-electron chi connectivity index (χ4n) is 2.36. The summed E-state index contributed by atoms with van der Waals surface area (Å²) >= 11 is 0. The summed E-state index contributed by atoms with van der Waals surface area (Å²) in [6, 6.07) is 5.05. The van der Waals surface area contributed by atoms with Gasteiger partial charge >= 0.3 is 12.2 Å². The van der Waals surface area contributed by atoms with Gasteiger partial charge in [-0.05, 0) is 26.3 Å². The van der Waals surface area contributed by atoms with Gasteiger partial charge in [0.05, 0.1) is 11.5 Å². The Kier molecular flexibility index (Phi) is 6.01. The van der Waals surface area contributed by atoms with Gasteiger partial charge in [0, 0.05) is 12.1 Å². The van der Waals surface area contributed by atoms with Crippen LogP contribution in [0.3, 0.4) is 0 Å². The normalized spacial score (nSPS) is 18.3. The van der Waals surface area contributed by atoms with Crippen molar-refractivity contribution in [3.05, 3.63) is 39.9 Å². The molecule has 1 aliphatic heterocycles. The number of non-ortho nitro benzene ring substituents is 1. The zero-order valence-electron chi connectivity index (χ0n) is 14.7. The molecule has 148 valence electrons. The van der Waals surface area contributed by atoms with Crippen LogP contribution in [0, 0.1) is 10.1 Å². The van der Waals surface area contributed by atoms with E-state index in [1.807, 2.05) is 0 Å². The lowest BCUT2D eigenvalue weighted by molar-refractivity contribution is -0.385. The molecule has 1 aliphatic rings. The first kappa shape index (κ1) is 20.6. The Morgan fingerprint density at radius 3 is 2.63 bits per heavy atom. The number of cyclic esters (lactones) is 1. The number of rotatable bonds is 5. The Morgan fingerprint density at radius 1 is 1.41 bits per heavy atom. The van der Waals surface area contributed by atoms with E-state index in [0.717, 1.165) is 6.07 Å². The lowest BCUT2D eigenvalue weighted by Gasteiger charge is -2.22. The van der Waals surface area contributed by atoms with Gasteiger partial charge in [-0.1, -0.05) is 12.1 Å². The van der Waals surface area contributed by atoms with Crippen LogP contribution in [0.2, 0.25) is 0 Å². The number of nitro groups is 1. The maximum absolute atomic E-state index is 12.1. The average molecular weight is 402 g/mol. The molecule has 1 unspecified atom stereocenters. The van der Waals surface area contributed by atoms with Gasteiger partial charge in [-0.25, -0.2) is 22.9 Å². The van der Waals surface area contributed by atoms with Crippen LogP contribution in [0.15, 0.2) is 24.3 Å². The molecule has 2 amide bonds. The summed E-state index contributed by atoms with van der Waals surface area (Å²) in [4.78, 5) is 35.0. The SMILES string of the molecule is CC(C)(C)OC(=O)N1C[C@@H](C(O[SH](=O)=O)c2cccc([N+](=O)[O-])c2)OC1=O.